The Labute approximate surface area is 152 Å². The monoisotopic (exact) mass is 381 g/mol. The van der Waals surface area contributed by atoms with Crippen LogP contribution in [0.2, 0.25) is 0 Å². The van der Waals surface area contributed by atoms with Crippen LogP contribution in [-0.4, -0.2) is 30.0 Å². The molecule has 1 saturated heterocycles. The van der Waals surface area contributed by atoms with Crippen molar-refractivity contribution in [2.75, 3.05) is 13.1 Å². The number of halogens is 2. The SMILES string of the molecule is Cc1sc(C(=O)NC2CNCCC2c2ccc(F)c(F)c2)cc1[N+](=O)[O-]. The summed E-state index contributed by atoms with van der Waals surface area (Å²) in [5.41, 5.74) is 0.531. The van der Waals surface area contributed by atoms with E-state index < -0.39 is 22.5 Å². The van der Waals surface area contributed by atoms with Crippen molar-refractivity contribution >= 4 is 22.9 Å². The Morgan fingerprint density at radius 3 is 2.77 bits per heavy atom. The number of hydrogen-bond donors (Lipinski definition) is 2. The van der Waals surface area contributed by atoms with E-state index in [4.69, 9.17) is 0 Å². The minimum atomic E-state index is -0.921. The number of carbonyl (C=O) groups excluding carboxylic acids is 1. The number of aryl methyl sites for hydroxylation is 1. The van der Waals surface area contributed by atoms with Gasteiger partial charge < -0.3 is 10.6 Å². The van der Waals surface area contributed by atoms with Gasteiger partial charge in [0.05, 0.1) is 14.7 Å². The summed E-state index contributed by atoms with van der Waals surface area (Å²) in [5, 5.41) is 17.0. The lowest BCUT2D eigenvalue weighted by molar-refractivity contribution is -0.385. The first-order chi connectivity index (χ1) is 12.4. The zero-order valence-corrected chi connectivity index (χ0v) is 14.7. The van der Waals surface area contributed by atoms with E-state index in [2.05, 4.69) is 10.6 Å². The molecule has 9 heteroatoms. The van der Waals surface area contributed by atoms with E-state index in [1.54, 1.807) is 6.92 Å². The van der Waals surface area contributed by atoms with Gasteiger partial charge in [-0.1, -0.05) is 6.07 Å². The third-order valence-electron chi connectivity index (χ3n) is 4.48. The largest absolute Gasteiger partial charge is 0.347 e. The summed E-state index contributed by atoms with van der Waals surface area (Å²) in [6.45, 7) is 2.76. The highest BCUT2D eigenvalue weighted by Crippen LogP contribution is 2.30. The van der Waals surface area contributed by atoms with E-state index in [9.17, 15) is 23.7 Å². The van der Waals surface area contributed by atoms with Crippen LogP contribution in [0.25, 0.3) is 0 Å². The molecule has 2 atom stereocenters. The van der Waals surface area contributed by atoms with Crippen molar-refractivity contribution in [2.45, 2.75) is 25.3 Å². The predicted octanol–water partition coefficient (Wildman–Crippen LogP) is 3.12. The molecule has 0 spiro atoms. The molecule has 1 fully saturated rings. The molecule has 1 aliphatic rings. The van der Waals surface area contributed by atoms with Crippen molar-refractivity contribution in [3.63, 3.8) is 0 Å². The summed E-state index contributed by atoms with van der Waals surface area (Å²) in [6.07, 6.45) is 0.652. The lowest BCUT2D eigenvalue weighted by atomic mass is 9.86. The maximum absolute atomic E-state index is 13.6. The number of nitrogens with zero attached hydrogens (tertiary/aromatic N) is 1. The molecule has 1 aromatic heterocycles. The molecule has 1 aliphatic heterocycles. The first-order valence-corrected chi connectivity index (χ1v) is 8.90. The Hall–Kier alpha value is -2.39. The average Bonchev–Trinajstić information content (AvgIpc) is 3.00. The highest BCUT2D eigenvalue weighted by molar-refractivity contribution is 7.14. The Morgan fingerprint density at radius 2 is 2.12 bits per heavy atom. The van der Waals surface area contributed by atoms with Gasteiger partial charge in [-0.25, -0.2) is 8.78 Å². The lowest BCUT2D eigenvalue weighted by Crippen LogP contribution is -2.49. The number of hydrogen-bond acceptors (Lipinski definition) is 5. The summed E-state index contributed by atoms with van der Waals surface area (Å²) >= 11 is 1.06. The molecule has 0 aliphatic carbocycles. The summed E-state index contributed by atoms with van der Waals surface area (Å²) in [5.74, 6) is -2.42. The van der Waals surface area contributed by atoms with E-state index in [1.807, 2.05) is 0 Å². The Morgan fingerprint density at radius 1 is 1.35 bits per heavy atom. The summed E-state index contributed by atoms with van der Waals surface area (Å²) in [7, 11) is 0. The Bertz CT molecular complexity index is 856. The van der Waals surface area contributed by atoms with E-state index in [0.717, 1.165) is 23.5 Å². The maximum atomic E-state index is 13.6. The molecule has 2 unspecified atom stereocenters. The molecule has 0 bridgehead atoms. The van der Waals surface area contributed by atoms with E-state index in [1.165, 1.54) is 12.1 Å². The van der Waals surface area contributed by atoms with Crippen molar-refractivity contribution in [3.05, 3.63) is 61.3 Å². The van der Waals surface area contributed by atoms with Gasteiger partial charge in [-0.05, 0) is 37.6 Å². The van der Waals surface area contributed by atoms with Crippen LogP contribution in [-0.2, 0) is 0 Å². The highest BCUT2D eigenvalue weighted by Gasteiger charge is 2.30. The zero-order valence-electron chi connectivity index (χ0n) is 13.9. The number of rotatable bonds is 4. The molecule has 0 radical (unpaired) electrons. The summed E-state index contributed by atoms with van der Waals surface area (Å²) in [6, 6.07) is 4.69. The molecule has 3 rings (SSSR count). The third-order valence-corrected chi connectivity index (χ3v) is 5.52. The second kappa shape index (κ2) is 7.46. The fourth-order valence-electron chi connectivity index (χ4n) is 3.16. The number of piperidine rings is 1. The van der Waals surface area contributed by atoms with Crippen molar-refractivity contribution in [1.29, 1.82) is 0 Å². The third kappa shape index (κ3) is 3.73. The molecular weight excluding hydrogens is 364 g/mol. The maximum Gasteiger partial charge on any atom is 0.283 e. The molecule has 26 heavy (non-hydrogen) atoms. The van der Waals surface area contributed by atoms with Gasteiger partial charge in [0.25, 0.3) is 11.6 Å². The van der Waals surface area contributed by atoms with Crippen LogP contribution in [0, 0.1) is 28.7 Å². The van der Waals surface area contributed by atoms with Gasteiger partial charge in [0.15, 0.2) is 11.6 Å². The fourth-order valence-corrected chi connectivity index (χ4v) is 4.05. The van der Waals surface area contributed by atoms with Crippen LogP contribution in [0.4, 0.5) is 14.5 Å². The van der Waals surface area contributed by atoms with Gasteiger partial charge in [0.2, 0.25) is 0 Å². The molecule has 2 heterocycles. The van der Waals surface area contributed by atoms with Crippen LogP contribution < -0.4 is 10.6 Å². The number of carbonyl (C=O) groups is 1. The Kier molecular flexibility index (Phi) is 5.28. The van der Waals surface area contributed by atoms with E-state index >= 15 is 0 Å². The van der Waals surface area contributed by atoms with E-state index in [0.29, 0.717) is 30.0 Å². The van der Waals surface area contributed by atoms with Crippen LogP contribution in [0.3, 0.4) is 0 Å². The number of nitro groups is 1. The van der Waals surface area contributed by atoms with Gasteiger partial charge >= 0.3 is 0 Å². The first-order valence-electron chi connectivity index (χ1n) is 8.08. The lowest BCUT2D eigenvalue weighted by Gasteiger charge is -2.33. The molecule has 2 N–H and O–H groups in total. The minimum Gasteiger partial charge on any atom is -0.347 e. The second-order valence-electron chi connectivity index (χ2n) is 6.16. The molecule has 6 nitrogen and oxygen atoms in total. The van der Waals surface area contributed by atoms with Crippen molar-refractivity contribution in [3.8, 4) is 0 Å². The average molecular weight is 381 g/mol. The number of nitrogens with one attached hydrogen (secondary N) is 2. The minimum absolute atomic E-state index is 0.0842. The fraction of sp³-hybridized carbons (Fsp3) is 0.353. The molecule has 2 aromatic rings. The molecule has 0 saturated carbocycles. The zero-order chi connectivity index (χ0) is 18.8. The molecular formula is C17H17F2N3O3S. The predicted molar refractivity (Wildman–Crippen MR) is 93.6 cm³/mol. The second-order valence-corrected chi connectivity index (χ2v) is 7.42. The van der Waals surface area contributed by atoms with E-state index in [-0.39, 0.29) is 22.5 Å². The molecule has 1 aromatic carbocycles. The normalized spacial score (nSPS) is 20.0. The van der Waals surface area contributed by atoms with Crippen LogP contribution in [0.15, 0.2) is 24.3 Å². The van der Waals surface area contributed by atoms with Gasteiger partial charge in [-0.2, -0.15) is 0 Å². The smallest absolute Gasteiger partial charge is 0.283 e. The van der Waals surface area contributed by atoms with Crippen molar-refractivity contribution < 1.29 is 18.5 Å². The number of amides is 1. The van der Waals surface area contributed by atoms with Crippen molar-refractivity contribution in [2.24, 2.45) is 0 Å². The number of thiophene rings is 1. The van der Waals surface area contributed by atoms with Crippen LogP contribution in [0.1, 0.15) is 32.5 Å². The summed E-state index contributed by atoms with van der Waals surface area (Å²) < 4.78 is 26.8. The summed E-state index contributed by atoms with van der Waals surface area (Å²) in [4.78, 5) is 23.7. The van der Waals surface area contributed by atoms with Gasteiger partial charge in [-0.15, -0.1) is 11.3 Å². The number of benzene rings is 1. The first kappa shape index (κ1) is 18.4. The van der Waals surface area contributed by atoms with Gasteiger partial charge in [0, 0.05) is 24.6 Å². The molecule has 138 valence electrons. The topological polar surface area (TPSA) is 84.3 Å². The van der Waals surface area contributed by atoms with Gasteiger partial charge in [-0.3, -0.25) is 14.9 Å². The van der Waals surface area contributed by atoms with Gasteiger partial charge in [0.1, 0.15) is 0 Å². The molecule has 1 amide bonds. The highest BCUT2D eigenvalue weighted by atomic mass is 32.1. The standard InChI is InChI=1S/C17H17F2N3O3S/c1-9-15(22(24)25)7-16(26-9)17(23)21-14-8-20-5-4-11(14)10-2-3-12(18)13(19)6-10/h2-3,6-7,11,14,20H,4-5,8H2,1H3,(H,21,23). The quantitative estimate of drug-likeness (QED) is 0.630. The van der Waals surface area contributed by atoms with Crippen molar-refractivity contribution in [1.82, 2.24) is 10.6 Å². The van der Waals surface area contributed by atoms with Crippen LogP contribution >= 0.6 is 11.3 Å². The Balaban J connectivity index is 1.79. The van der Waals surface area contributed by atoms with Crippen LogP contribution in [0.5, 0.6) is 0 Å².